The zero-order valence-electron chi connectivity index (χ0n) is 10.7. The molecule has 0 heterocycles. The molecule has 0 bridgehead atoms. The van der Waals surface area contributed by atoms with Crippen molar-refractivity contribution in [3.63, 3.8) is 0 Å². The first-order valence-electron chi connectivity index (χ1n) is 6.22. The molecule has 2 N–H and O–H groups in total. The lowest BCUT2D eigenvalue weighted by molar-refractivity contribution is 0.232. The van der Waals surface area contributed by atoms with E-state index in [4.69, 9.17) is 5.73 Å². The second-order valence-corrected chi connectivity index (χ2v) is 4.40. The monoisotopic (exact) mass is 220 g/mol. The summed E-state index contributed by atoms with van der Waals surface area (Å²) in [5, 5.41) is 0. The van der Waals surface area contributed by atoms with E-state index in [0.29, 0.717) is 6.04 Å². The van der Waals surface area contributed by atoms with Gasteiger partial charge >= 0.3 is 0 Å². The Morgan fingerprint density at radius 2 is 1.81 bits per heavy atom. The van der Waals surface area contributed by atoms with Crippen molar-refractivity contribution < 1.29 is 0 Å². The van der Waals surface area contributed by atoms with Crippen LogP contribution < -0.4 is 5.73 Å². The highest BCUT2D eigenvalue weighted by atomic mass is 15.1. The van der Waals surface area contributed by atoms with Gasteiger partial charge in [-0.2, -0.15) is 0 Å². The SMILES string of the molecule is CCC(CC)N(C)CCc1ccccc1N. The molecule has 0 spiro atoms. The van der Waals surface area contributed by atoms with Gasteiger partial charge in [0.1, 0.15) is 0 Å². The molecule has 2 heteroatoms. The third-order valence-corrected chi connectivity index (χ3v) is 3.35. The zero-order chi connectivity index (χ0) is 12.0. The van der Waals surface area contributed by atoms with Gasteiger partial charge in [-0.25, -0.2) is 0 Å². The van der Waals surface area contributed by atoms with Crippen molar-refractivity contribution in [1.82, 2.24) is 4.90 Å². The van der Waals surface area contributed by atoms with E-state index < -0.39 is 0 Å². The maximum atomic E-state index is 5.93. The van der Waals surface area contributed by atoms with Crippen LogP contribution in [0.25, 0.3) is 0 Å². The number of para-hydroxylation sites is 1. The summed E-state index contributed by atoms with van der Waals surface area (Å²) >= 11 is 0. The van der Waals surface area contributed by atoms with Gasteiger partial charge in [0, 0.05) is 18.3 Å². The molecule has 0 unspecified atom stereocenters. The summed E-state index contributed by atoms with van der Waals surface area (Å²) in [4.78, 5) is 2.44. The van der Waals surface area contributed by atoms with Crippen LogP contribution in [0, 0.1) is 0 Å². The first kappa shape index (κ1) is 13.0. The Morgan fingerprint density at radius 3 is 2.38 bits per heavy atom. The Labute approximate surface area is 99.5 Å². The number of rotatable bonds is 6. The number of nitrogen functional groups attached to an aromatic ring is 1. The van der Waals surface area contributed by atoms with E-state index in [1.54, 1.807) is 0 Å². The lowest BCUT2D eigenvalue weighted by Crippen LogP contribution is -2.32. The van der Waals surface area contributed by atoms with E-state index in [0.717, 1.165) is 18.7 Å². The summed E-state index contributed by atoms with van der Waals surface area (Å²) in [5.41, 5.74) is 8.11. The summed E-state index contributed by atoms with van der Waals surface area (Å²) in [6.45, 7) is 5.59. The molecule has 16 heavy (non-hydrogen) atoms. The van der Waals surface area contributed by atoms with Crippen molar-refractivity contribution in [2.24, 2.45) is 0 Å². The van der Waals surface area contributed by atoms with Crippen molar-refractivity contribution in [3.8, 4) is 0 Å². The summed E-state index contributed by atoms with van der Waals surface area (Å²) in [7, 11) is 2.21. The minimum absolute atomic E-state index is 0.699. The average Bonchev–Trinajstić information content (AvgIpc) is 2.29. The van der Waals surface area contributed by atoms with Gasteiger partial charge in [-0.1, -0.05) is 32.0 Å². The standard InChI is InChI=1S/C14H24N2/c1-4-13(5-2)16(3)11-10-12-8-6-7-9-14(12)15/h6-9,13H,4-5,10-11,15H2,1-3H3. The smallest absolute Gasteiger partial charge is 0.0347 e. The topological polar surface area (TPSA) is 29.3 Å². The van der Waals surface area contributed by atoms with E-state index in [2.05, 4.69) is 37.9 Å². The summed E-state index contributed by atoms with van der Waals surface area (Å²) in [6, 6.07) is 8.85. The number of likely N-dealkylation sites (N-methyl/N-ethyl adjacent to an activating group) is 1. The van der Waals surface area contributed by atoms with Crippen molar-refractivity contribution in [3.05, 3.63) is 29.8 Å². The minimum Gasteiger partial charge on any atom is -0.399 e. The third-order valence-electron chi connectivity index (χ3n) is 3.35. The van der Waals surface area contributed by atoms with Crippen LogP contribution in [0.4, 0.5) is 5.69 Å². The van der Waals surface area contributed by atoms with Crippen LogP contribution >= 0.6 is 0 Å². The van der Waals surface area contributed by atoms with Gasteiger partial charge in [0.15, 0.2) is 0 Å². The number of benzene rings is 1. The lowest BCUT2D eigenvalue weighted by atomic mass is 10.1. The number of hydrogen-bond donors (Lipinski definition) is 1. The first-order chi connectivity index (χ1) is 7.69. The highest BCUT2D eigenvalue weighted by Gasteiger charge is 2.10. The Kier molecular flexibility index (Phi) is 5.33. The largest absolute Gasteiger partial charge is 0.399 e. The van der Waals surface area contributed by atoms with Crippen LogP contribution in [0.1, 0.15) is 32.3 Å². The molecule has 2 nitrogen and oxygen atoms in total. The highest BCUT2D eigenvalue weighted by molar-refractivity contribution is 5.46. The summed E-state index contributed by atoms with van der Waals surface area (Å²) < 4.78 is 0. The van der Waals surface area contributed by atoms with Crippen molar-refractivity contribution in [1.29, 1.82) is 0 Å². The molecule has 0 aliphatic carbocycles. The normalized spacial score (nSPS) is 11.3. The van der Waals surface area contributed by atoms with Crippen LogP contribution in [0.5, 0.6) is 0 Å². The van der Waals surface area contributed by atoms with E-state index in [1.165, 1.54) is 18.4 Å². The quantitative estimate of drug-likeness (QED) is 0.747. The second-order valence-electron chi connectivity index (χ2n) is 4.40. The maximum Gasteiger partial charge on any atom is 0.0347 e. The van der Waals surface area contributed by atoms with E-state index in [-0.39, 0.29) is 0 Å². The van der Waals surface area contributed by atoms with E-state index >= 15 is 0 Å². The second kappa shape index (κ2) is 6.54. The predicted molar refractivity (Wildman–Crippen MR) is 71.6 cm³/mol. The van der Waals surface area contributed by atoms with Gasteiger partial charge in [-0.05, 0) is 37.9 Å². The molecule has 1 aromatic carbocycles. The zero-order valence-corrected chi connectivity index (χ0v) is 10.7. The van der Waals surface area contributed by atoms with Crippen molar-refractivity contribution >= 4 is 5.69 Å². The molecular weight excluding hydrogens is 196 g/mol. The fraction of sp³-hybridized carbons (Fsp3) is 0.571. The van der Waals surface area contributed by atoms with Gasteiger partial charge in [-0.3, -0.25) is 0 Å². The Bertz CT molecular complexity index is 305. The summed E-state index contributed by atoms with van der Waals surface area (Å²) in [5.74, 6) is 0. The first-order valence-corrected chi connectivity index (χ1v) is 6.22. The molecule has 0 amide bonds. The Hall–Kier alpha value is -1.02. The molecule has 0 aliphatic rings. The molecule has 0 saturated heterocycles. The van der Waals surface area contributed by atoms with E-state index in [1.807, 2.05) is 12.1 Å². The van der Waals surface area contributed by atoms with Gasteiger partial charge in [-0.15, -0.1) is 0 Å². The van der Waals surface area contributed by atoms with Crippen LogP contribution in [0.3, 0.4) is 0 Å². The maximum absolute atomic E-state index is 5.93. The fourth-order valence-corrected chi connectivity index (χ4v) is 2.15. The number of nitrogens with two attached hydrogens (primary N) is 1. The van der Waals surface area contributed by atoms with Gasteiger partial charge in [0.25, 0.3) is 0 Å². The lowest BCUT2D eigenvalue weighted by Gasteiger charge is -2.26. The Balaban J connectivity index is 2.48. The molecule has 0 aromatic heterocycles. The van der Waals surface area contributed by atoms with Crippen molar-refractivity contribution in [2.75, 3.05) is 19.3 Å². The fourth-order valence-electron chi connectivity index (χ4n) is 2.15. The molecule has 1 rings (SSSR count). The number of hydrogen-bond acceptors (Lipinski definition) is 2. The molecule has 0 fully saturated rings. The van der Waals surface area contributed by atoms with Gasteiger partial charge < -0.3 is 10.6 Å². The van der Waals surface area contributed by atoms with E-state index in [9.17, 15) is 0 Å². The van der Waals surface area contributed by atoms with Gasteiger partial charge in [0.05, 0.1) is 0 Å². The molecule has 1 aromatic rings. The van der Waals surface area contributed by atoms with Gasteiger partial charge in [0.2, 0.25) is 0 Å². The molecule has 0 saturated carbocycles. The van der Waals surface area contributed by atoms with Crippen LogP contribution in [0.15, 0.2) is 24.3 Å². The number of anilines is 1. The molecule has 0 aliphatic heterocycles. The van der Waals surface area contributed by atoms with Crippen LogP contribution in [-0.4, -0.2) is 24.5 Å². The molecular formula is C14H24N2. The van der Waals surface area contributed by atoms with Crippen LogP contribution in [0.2, 0.25) is 0 Å². The molecule has 0 atom stereocenters. The average molecular weight is 220 g/mol. The summed E-state index contributed by atoms with van der Waals surface area (Å²) in [6.07, 6.45) is 3.48. The van der Waals surface area contributed by atoms with Crippen molar-refractivity contribution in [2.45, 2.75) is 39.2 Å². The third kappa shape index (κ3) is 3.53. The minimum atomic E-state index is 0.699. The molecule has 90 valence electrons. The predicted octanol–water partition coefficient (Wildman–Crippen LogP) is 2.93. The van der Waals surface area contributed by atoms with Crippen LogP contribution in [-0.2, 0) is 6.42 Å². The Morgan fingerprint density at radius 1 is 1.19 bits per heavy atom. The number of nitrogens with zero attached hydrogens (tertiary/aromatic N) is 1. The molecule has 0 radical (unpaired) electrons. The highest BCUT2D eigenvalue weighted by Crippen LogP contribution is 2.13.